The van der Waals surface area contributed by atoms with E-state index in [4.69, 9.17) is 20.6 Å². The lowest BCUT2D eigenvalue weighted by Crippen LogP contribution is -2.44. The quantitative estimate of drug-likeness (QED) is 0.296. The molecule has 2 aromatic carbocycles. The average Bonchev–Trinajstić information content (AvgIpc) is 3.51. The molecule has 11 heteroatoms. The highest BCUT2D eigenvalue weighted by molar-refractivity contribution is 7.09. The van der Waals surface area contributed by atoms with Gasteiger partial charge in [0.1, 0.15) is 22.1 Å². The maximum atomic E-state index is 14.1. The molecule has 0 radical (unpaired) electrons. The van der Waals surface area contributed by atoms with Gasteiger partial charge in [-0.15, -0.1) is 0 Å². The standard InChI is InChI=1S/C27H27N5O5S/c1-15-6-4-5-7-19(15)32(27(35)24-21(28)22(25(29)33)31-38-24)23(20-13-8-16(2)37-20)26(34)30-14-17-9-11-18(36-3)12-10-17/h4-13,23H,14,28H2,1-3H3,(H2,29,33)(H,30,34). The molecule has 0 aliphatic carbocycles. The molecule has 1 atom stereocenters. The number of hydrogen-bond acceptors (Lipinski definition) is 8. The zero-order valence-corrected chi connectivity index (χ0v) is 21.9. The number of nitrogens with zero attached hydrogens (tertiary/aromatic N) is 2. The normalized spacial score (nSPS) is 11.6. The van der Waals surface area contributed by atoms with Gasteiger partial charge in [0.25, 0.3) is 17.7 Å². The van der Waals surface area contributed by atoms with Crippen molar-refractivity contribution in [2.24, 2.45) is 5.73 Å². The second-order valence-electron chi connectivity index (χ2n) is 8.52. The molecule has 0 bridgehead atoms. The first-order valence-electron chi connectivity index (χ1n) is 11.6. The molecule has 0 saturated heterocycles. The van der Waals surface area contributed by atoms with Gasteiger partial charge in [0, 0.05) is 12.2 Å². The summed E-state index contributed by atoms with van der Waals surface area (Å²) < 4.78 is 15.0. The van der Waals surface area contributed by atoms with Gasteiger partial charge >= 0.3 is 0 Å². The molecule has 38 heavy (non-hydrogen) atoms. The van der Waals surface area contributed by atoms with E-state index in [0.29, 0.717) is 17.2 Å². The van der Waals surface area contributed by atoms with E-state index in [1.807, 2.05) is 31.2 Å². The Balaban J connectivity index is 1.78. The molecule has 0 saturated carbocycles. The maximum absolute atomic E-state index is 14.1. The number of methoxy groups -OCH3 is 1. The van der Waals surface area contributed by atoms with Crippen LogP contribution in [-0.4, -0.2) is 29.2 Å². The minimum Gasteiger partial charge on any atom is -0.497 e. The van der Waals surface area contributed by atoms with Crippen LogP contribution in [0.25, 0.3) is 0 Å². The summed E-state index contributed by atoms with van der Waals surface area (Å²) in [6.07, 6.45) is 0. The Labute approximate surface area is 223 Å². The number of nitrogens with two attached hydrogens (primary N) is 2. The summed E-state index contributed by atoms with van der Waals surface area (Å²) in [6, 6.07) is 16.5. The summed E-state index contributed by atoms with van der Waals surface area (Å²) in [7, 11) is 1.58. The van der Waals surface area contributed by atoms with E-state index in [9.17, 15) is 14.4 Å². The van der Waals surface area contributed by atoms with Crippen molar-refractivity contribution < 1.29 is 23.5 Å². The molecule has 0 aliphatic heterocycles. The van der Waals surface area contributed by atoms with Crippen LogP contribution in [0, 0.1) is 13.8 Å². The third-order valence-corrected chi connectivity index (χ3v) is 6.76. The van der Waals surface area contributed by atoms with Crippen LogP contribution in [0.2, 0.25) is 0 Å². The second-order valence-corrected chi connectivity index (χ2v) is 9.29. The number of ether oxygens (including phenoxy) is 1. The van der Waals surface area contributed by atoms with Crippen LogP contribution >= 0.6 is 11.5 Å². The number of carbonyl (C=O) groups is 3. The van der Waals surface area contributed by atoms with Crippen LogP contribution in [-0.2, 0) is 11.3 Å². The van der Waals surface area contributed by atoms with Crippen LogP contribution in [0.3, 0.4) is 0 Å². The number of rotatable bonds is 9. The Morgan fingerprint density at radius 1 is 1.08 bits per heavy atom. The predicted octanol–water partition coefficient (Wildman–Crippen LogP) is 3.75. The van der Waals surface area contributed by atoms with Crippen LogP contribution < -0.4 is 26.4 Å². The molecule has 3 amide bonds. The van der Waals surface area contributed by atoms with E-state index in [1.165, 1.54) is 4.90 Å². The second kappa shape index (κ2) is 11.2. The number of nitrogens with one attached hydrogen (secondary N) is 1. The van der Waals surface area contributed by atoms with E-state index in [1.54, 1.807) is 50.4 Å². The molecule has 2 aromatic heterocycles. The van der Waals surface area contributed by atoms with E-state index >= 15 is 0 Å². The topological polar surface area (TPSA) is 154 Å². The monoisotopic (exact) mass is 533 g/mol. The smallest absolute Gasteiger partial charge is 0.273 e. The number of aryl methyl sites for hydroxylation is 2. The predicted molar refractivity (Wildman–Crippen MR) is 144 cm³/mol. The van der Waals surface area contributed by atoms with Crippen molar-refractivity contribution in [2.45, 2.75) is 26.4 Å². The zero-order valence-electron chi connectivity index (χ0n) is 21.1. The lowest BCUT2D eigenvalue weighted by molar-refractivity contribution is -0.123. The van der Waals surface area contributed by atoms with E-state index in [2.05, 4.69) is 9.69 Å². The molecule has 0 aliphatic rings. The lowest BCUT2D eigenvalue weighted by Gasteiger charge is -2.30. The highest BCUT2D eigenvalue weighted by Crippen LogP contribution is 2.35. The van der Waals surface area contributed by atoms with Crippen molar-refractivity contribution in [1.29, 1.82) is 0 Å². The van der Waals surface area contributed by atoms with Gasteiger partial charge in [-0.3, -0.25) is 19.3 Å². The van der Waals surface area contributed by atoms with Gasteiger partial charge in [0.15, 0.2) is 11.7 Å². The number of furan rings is 1. The number of hydrogen-bond donors (Lipinski definition) is 3. The van der Waals surface area contributed by atoms with Crippen LogP contribution in [0.4, 0.5) is 11.4 Å². The van der Waals surface area contributed by atoms with Gasteiger partial charge in [-0.1, -0.05) is 30.3 Å². The molecule has 1 unspecified atom stereocenters. The third kappa shape index (κ3) is 5.37. The van der Waals surface area contributed by atoms with Crippen LogP contribution in [0.5, 0.6) is 5.75 Å². The first kappa shape index (κ1) is 26.4. The molecule has 0 spiro atoms. The van der Waals surface area contributed by atoms with Gasteiger partial charge in [-0.25, -0.2) is 0 Å². The SMILES string of the molecule is COc1ccc(CNC(=O)C(c2ccc(C)o2)N(C(=O)c2snc(C(N)=O)c2N)c2ccccc2C)cc1. The van der Waals surface area contributed by atoms with Crippen molar-refractivity contribution in [3.8, 4) is 5.75 Å². The number of amides is 3. The Morgan fingerprint density at radius 2 is 1.79 bits per heavy atom. The molecule has 2 heterocycles. The highest BCUT2D eigenvalue weighted by atomic mass is 32.1. The molecule has 0 fully saturated rings. The summed E-state index contributed by atoms with van der Waals surface area (Å²) in [6.45, 7) is 3.76. The fourth-order valence-corrected chi connectivity index (χ4v) is 4.68. The molecular weight excluding hydrogens is 506 g/mol. The van der Waals surface area contributed by atoms with Gasteiger partial charge in [0.05, 0.1) is 12.8 Å². The minimum atomic E-state index is -1.20. The zero-order chi connectivity index (χ0) is 27.4. The minimum absolute atomic E-state index is 0.0155. The van der Waals surface area contributed by atoms with Crippen molar-refractivity contribution in [2.75, 3.05) is 17.7 Å². The van der Waals surface area contributed by atoms with Gasteiger partial charge in [0.2, 0.25) is 0 Å². The number of aromatic nitrogens is 1. The highest BCUT2D eigenvalue weighted by Gasteiger charge is 2.38. The lowest BCUT2D eigenvalue weighted by atomic mass is 10.1. The first-order chi connectivity index (χ1) is 18.2. The van der Waals surface area contributed by atoms with Crippen LogP contribution in [0.15, 0.2) is 65.1 Å². The van der Waals surface area contributed by atoms with Gasteiger partial charge in [-0.2, -0.15) is 4.37 Å². The Bertz CT molecular complexity index is 1480. The first-order valence-corrected chi connectivity index (χ1v) is 12.4. The number of anilines is 2. The number of benzene rings is 2. The summed E-state index contributed by atoms with van der Waals surface area (Å²) in [4.78, 5) is 40.9. The Morgan fingerprint density at radius 3 is 2.37 bits per heavy atom. The Hall–Kier alpha value is -4.64. The van der Waals surface area contributed by atoms with Crippen molar-refractivity contribution in [1.82, 2.24) is 9.69 Å². The summed E-state index contributed by atoms with van der Waals surface area (Å²) in [5.74, 6) is -0.443. The maximum Gasteiger partial charge on any atom is 0.273 e. The van der Waals surface area contributed by atoms with Gasteiger partial charge < -0.3 is 25.9 Å². The molecule has 4 aromatic rings. The van der Waals surface area contributed by atoms with Crippen molar-refractivity contribution >= 4 is 40.6 Å². The van der Waals surface area contributed by atoms with Gasteiger partial charge in [-0.05, 0) is 66.8 Å². The number of primary amides is 1. The van der Waals surface area contributed by atoms with E-state index in [0.717, 1.165) is 22.7 Å². The average molecular weight is 534 g/mol. The molecule has 4 rings (SSSR count). The van der Waals surface area contributed by atoms with Crippen LogP contribution in [0.1, 0.15) is 48.8 Å². The van der Waals surface area contributed by atoms with Crippen molar-refractivity contribution in [3.63, 3.8) is 0 Å². The van der Waals surface area contributed by atoms with Crippen molar-refractivity contribution in [3.05, 3.63) is 93.9 Å². The molecule has 5 N–H and O–H groups in total. The summed E-state index contributed by atoms with van der Waals surface area (Å²) in [5.41, 5.74) is 13.2. The summed E-state index contributed by atoms with van der Waals surface area (Å²) >= 11 is 0.743. The fourth-order valence-electron chi connectivity index (χ4n) is 3.94. The molecule has 10 nitrogen and oxygen atoms in total. The molecular formula is C27H27N5O5S. The number of carbonyl (C=O) groups excluding carboxylic acids is 3. The Kier molecular flexibility index (Phi) is 7.77. The largest absolute Gasteiger partial charge is 0.497 e. The third-order valence-electron chi connectivity index (χ3n) is 5.91. The molecule has 196 valence electrons. The number of para-hydroxylation sites is 1. The summed E-state index contributed by atoms with van der Waals surface area (Å²) in [5, 5.41) is 2.91. The van der Waals surface area contributed by atoms with E-state index in [-0.39, 0.29) is 28.6 Å². The fraction of sp³-hybridized carbons (Fsp3) is 0.185. The van der Waals surface area contributed by atoms with E-state index < -0.39 is 23.8 Å². The number of nitrogen functional groups attached to an aromatic ring is 1.